The van der Waals surface area contributed by atoms with E-state index < -0.39 is 0 Å². The summed E-state index contributed by atoms with van der Waals surface area (Å²) in [4.78, 5) is 12.2. The largest absolute Gasteiger partial charge is 0.327 e. The fraction of sp³-hybridized carbons (Fsp3) is 0.500. The number of carbonyl (C=O) groups excluding carboxylic acids is 1. The summed E-state index contributed by atoms with van der Waals surface area (Å²) >= 11 is 0. The van der Waals surface area contributed by atoms with Gasteiger partial charge in [0, 0.05) is 24.7 Å². The molecular weight excluding hydrogens is 321 g/mol. The predicted octanol–water partition coefficient (Wildman–Crippen LogP) is 2.73. The summed E-state index contributed by atoms with van der Waals surface area (Å²) in [5, 5.41) is 11.2. The molecule has 1 amide bonds. The van der Waals surface area contributed by atoms with Gasteiger partial charge in [0.1, 0.15) is 11.6 Å². The molecule has 0 aliphatic carbocycles. The second kappa shape index (κ2) is 7.31. The van der Waals surface area contributed by atoms with E-state index in [1.54, 1.807) is 26.0 Å². The molecule has 2 atom stereocenters. The van der Waals surface area contributed by atoms with Crippen LogP contribution in [0, 0.1) is 11.7 Å². The summed E-state index contributed by atoms with van der Waals surface area (Å²) in [6.45, 7) is 4.34. The average molecular weight is 345 g/mol. The summed E-state index contributed by atoms with van der Waals surface area (Å²) in [5.74, 6) is 0.515. The van der Waals surface area contributed by atoms with Crippen LogP contribution >= 0.6 is 0 Å². The first kappa shape index (κ1) is 17.5. The summed E-state index contributed by atoms with van der Waals surface area (Å²) in [6, 6.07) is 4.25. The standard InChI is InChI=1S/C18H24FN5O/c1-11(12(2)20)18(25)21-13-7-8-15(19)14(10-13)17-23-22-16-6-4-3-5-9-24(16)17/h7-8,10-12H,3-6,9,20H2,1-2H3,(H,21,25). The van der Waals surface area contributed by atoms with Crippen LogP contribution in [0.4, 0.5) is 10.1 Å². The van der Waals surface area contributed by atoms with Crippen molar-refractivity contribution in [2.24, 2.45) is 11.7 Å². The van der Waals surface area contributed by atoms with Crippen molar-refractivity contribution in [2.45, 2.75) is 52.1 Å². The van der Waals surface area contributed by atoms with Gasteiger partial charge >= 0.3 is 0 Å². The Hall–Kier alpha value is -2.28. The molecule has 1 aromatic carbocycles. The molecule has 0 saturated carbocycles. The molecule has 0 fully saturated rings. The Bertz CT molecular complexity index is 771. The lowest BCUT2D eigenvalue weighted by Crippen LogP contribution is -2.34. The predicted molar refractivity (Wildman–Crippen MR) is 94.4 cm³/mol. The molecule has 0 bridgehead atoms. The second-order valence-electron chi connectivity index (χ2n) is 6.73. The van der Waals surface area contributed by atoms with Crippen molar-refractivity contribution in [2.75, 3.05) is 5.32 Å². The number of amides is 1. The van der Waals surface area contributed by atoms with E-state index in [9.17, 15) is 9.18 Å². The topological polar surface area (TPSA) is 85.8 Å². The minimum absolute atomic E-state index is 0.187. The third kappa shape index (κ3) is 3.71. The van der Waals surface area contributed by atoms with Crippen LogP contribution in [0.15, 0.2) is 18.2 Å². The third-order valence-corrected chi connectivity index (χ3v) is 4.79. The van der Waals surface area contributed by atoms with E-state index in [0.29, 0.717) is 17.1 Å². The maximum atomic E-state index is 14.4. The molecule has 134 valence electrons. The molecule has 0 radical (unpaired) electrons. The van der Waals surface area contributed by atoms with Crippen molar-refractivity contribution in [1.29, 1.82) is 0 Å². The zero-order valence-corrected chi connectivity index (χ0v) is 14.6. The van der Waals surface area contributed by atoms with Crippen LogP contribution in [0.1, 0.15) is 38.9 Å². The van der Waals surface area contributed by atoms with Crippen LogP contribution in [0.3, 0.4) is 0 Å². The first-order valence-electron chi connectivity index (χ1n) is 8.76. The number of nitrogens with two attached hydrogens (primary N) is 1. The number of rotatable bonds is 4. The number of aromatic nitrogens is 3. The Morgan fingerprint density at radius 2 is 2.08 bits per heavy atom. The normalized spacial score (nSPS) is 16.6. The number of nitrogens with zero attached hydrogens (tertiary/aromatic N) is 3. The number of benzene rings is 1. The molecule has 0 saturated heterocycles. The van der Waals surface area contributed by atoms with Gasteiger partial charge in [-0.25, -0.2) is 4.39 Å². The second-order valence-corrected chi connectivity index (χ2v) is 6.73. The molecule has 0 spiro atoms. The van der Waals surface area contributed by atoms with E-state index in [-0.39, 0.29) is 23.7 Å². The highest BCUT2D eigenvalue weighted by molar-refractivity contribution is 5.93. The first-order valence-corrected chi connectivity index (χ1v) is 8.76. The van der Waals surface area contributed by atoms with Crippen molar-refractivity contribution in [3.63, 3.8) is 0 Å². The Labute approximate surface area is 146 Å². The molecule has 25 heavy (non-hydrogen) atoms. The number of hydrogen-bond donors (Lipinski definition) is 2. The first-order chi connectivity index (χ1) is 12.0. The summed E-state index contributed by atoms with van der Waals surface area (Å²) < 4.78 is 16.4. The highest BCUT2D eigenvalue weighted by Gasteiger charge is 2.21. The fourth-order valence-corrected chi connectivity index (χ4v) is 2.95. The Morgan fingerprint density at radius 3 is 2.84 bits per heavy atom. The Balaban J connectivity index is 1.90. The van der Waals surface area contributed by atoms with Gasteiger partial charge in [0.05, 0.1) is 11.5 Å². The van der Waals surface area contributed by atoms with E-state index in [0.717, 1.165) is 38.1 Å². The highest BCUT2D eigenvalue weighted by Crippen LogP contribution is 2.27. The van der Waals surface area contributed by atoms with Crippen LogP contribution in [0.2, 0.25) is 0 Å². The average Bonchev–Trinajstić information content (AvgIpc) is 2.83. The fourth-order valence-electron chi connectivity index (χ4n) is 2.95. The van der Waals surface area contributed by atoms with Gasteiger partial charge in [0.2, 0.25) is 5.91 Å². The van der Waals surface area contributed by atoms with Gasteiger partial charge in [0.25, 0.3) is 0 Å². The maximum absolute atomic E-state index is 14.4. The molecule has 1 aliphatic rings. The molecule has 1 aromatic heterocycles. The van der Waals surface area contributed by atoms with Crippen molar-refractivity contribution in [3.8, 4) is 11.4 Å². The summed E-state index contributed by atoms with van der Waals surface area (Å²) in [5.41, 5.74) is 6.65. The number of halogens is 1. The zero-order valence-electron chi connectivity index (χ0n) is 14.6. The number of fused-ring (bicyclic) bond motifs is 1. The number of hydrogen-bond acceptors (Lipinski definition) is 4. The molecule has 2 heterocycles. The number of nitrogens with one attached hydrogen (secondary N) is 1. The van der Waals surface area contributed by atoms with E-state index in [4.69, 9.17) is 5.73 Å². The van der Waals surface area contributed by atoms with Gasteiger partial charge in [-0.05, 0) is 38.0 Å². The molecule has 3 rings (SSSR count). The number of anilines is 1. The van der Waals surface area contributed by atoms with Crippen LogP contribution < -0.4 is 11.1 Å². The SMILES string of the molecule is CC(N)C(C)C(=O)Nc1ccc(F)c(-c2nnc3n2CCCCC3)c1. The van der Waals surface area contributed by atoms with Gasteiger partial charge in [-0.2, -0.15) is 0 Å². The highest BCUT2D eigenvalue weighted by atomic mass is 19.1. The van der Waals surface area contributed by atoms with Crippen LogP contribution in [0.5, 0.6) is 0 Å². The Kier molecular flexibility index (Phi) is 5.13. The lowest BCUT2D eigenvalue weighted by atomic mass is 10.0. The van der Waals surface area contributed by atoms with E-state index in [1.165, 1.54) is 6.07 Å². The number of aryl methyl sites for hydroxylation is 1. The molecular formula is C18H24FN5O. The summed E-state index contributed by atoms with van der Waals surface area (Å²) in [7, 11) is 0. The van der Waals surface area contributed by atoms with Crippen molar-refractivity contribution < 1.29 is 9.18 Å². The van der Waals surface area contributed by atoms with E-state index >= 15 is 0 Å². The lowest BCUT2D eigenvalue weighted by molar-refractivity contribution is -0.119. The zero-order chi connectivity index (χ0) is 18.0. The number of carbonyl (C=O) groups is 1. The smallest absolute Gasteiger partial charge is 0.228 e. The van der Waals surface area contributed by atoms with Crippen molar-refractivity contribution >= 4 is 11.6 Å². The molecule has 3 N–H and O–H groups in total. The van der Waals surface area contributed by atoms with Gasteiger partial charge < -0.3 is 15.6 Å². The van der Waals surface area contributed by atoms with Crippen LogP contribution in [0.25, 0.3) is 11.4 Å². The lowest BCUT2D eigenvalue weighted by Gasteiger charge is -2.16. The molecule has 6 nitrogen and oxygen atoms in total. The van der Waals surface area contributed by atoms with Crippen LogP contribution in [-0.4, -0.2) is 26.7 Å². The minimum Gasteiger partial charge on any atom is -0.327 e. The third-order valence-electron chi connectivity index (χ3n) is 4.79. The van der Waals surface area contributed by atoms with Gasteiger partial charge in [-0.1, -0.05) is 13.3 Å². The molecule has 1 aliphatic heterocycles. The Morgan fingerprint density at radius 1 is 1.28 bits per heavy atom. The quantitative estimate of drug-likeness (QED) is 0.892. The van der Waals surface area contributed by atoms with Gasteiger partial charge in [-0.3, -0.25) is 4.79 Å². The van der Waals surface area contributed by atoms with Crippen molar-refractivity contribution in [1.82, 2.24) is 14.8 Å². The molecule has 2 unspecified atom stereocenters. The van der Waals surface area contributed by atoms with Gasteiger partial charge in [-0.15, -0.1) is 10.2 Å². The molecule has 2 aromatic rings. The van der Waals surface area contributed by atoms with Crippen molar-refractivity contribution in [3.05, 3.63) is 29.8 Å². The monoisotopic (exact) mass is 345 g/mol. The van der Waals surface area contributed by atoms with E-state index in [2.05, 4.69) is 15.5 Å². The van der Waals surface area contributed by atoms with E-state index in [1.807, 2.05) is 4.57 Å². The van der Waals surface area contributed by atoms with Gasteiger partial charge in [0.15, 0.2) is 5.82 Å². The molecule has 7 heteroatoms. The van der Waals surface area contributed by atoms with Crippen LogP contribution in [-0.2, 0) is 17.8 Å². The maximum Gasteiger partial charge on any atom is 0.228 e. The summed E-state index contributed by atoms with van der Waals surface area (Å²) in [6.07, 6.45) is 4.10. The minimum atomic E-state index is -0.377.